The van der Waals surface area contributed by atoms with Crippen LogP contribution >= 0.6 is 0 Å². The molecule has 0 aliphatic carbocycles. The van der Waals surface area contributed by atoms with E-state index in [9.17, 15) is 0 Å². The van der Waals surface area contributed by atoms with E-state index in [0.717, 1.165) is 5.92 Å². The lowest BCUT2D eigenvalue weighted by Gasteiger charge is -2.46. The second kappa shape index (κ2) is 5.89. The van der Waals surface area contributed by atoms with Crippen LogP contribution in [-0.4, -0.2) is 47.7 Å². The second-order valence-corrected chi connectivity index (χ2v) is 6.77. The van der Waals surface area contributed by atoms with E-state index in [0.29, 0.717) is 24.2 Å². The van der Waals surface area contributed by atoms with Crippen LogP contribution in [0.4, 0.5) is 0 Å². The summed E-state index contributed by atoms with van der Waals surface area (Å²) in [6, 6.07) is 2.74. The lowest BCUT2D eigenvalue weighted by atomic mass is 9.90. The van der Waals surface area contributed by atoms with Gasteiger partial charge in [-0.05, 0) is 53.0 Å². The zero-order valence-corrected chi connectivity index (χ0v) is 12.8. The summed E-state index contributed by atoms with van der Waals surface area (Å²) in [4.78, 5) is 2.49. The van der Waals surface area contributed by atoms with Gasteiger partial charge >= 0.3 is 0 Å². The van der Waals surface area contributed by atoms with Crippen LogP contribution < -0.4 is 5.43 Å². The summed E-state index contributed by atoms with van der Waals surface area (Å²) in [7, 11) is 2.25. The lowest BCUT2D eigenvalue weighted by Crippen LogP contribution is -2.60. The second-order valence-electron chi connectivity index (χ2n) is 6.77. The third-order valence-corrected chi connectivity index (χ3v) is 5.12. The minimum Gasteiger partial charge on any atom is -0.303 e. The first-order valence-electron chi connectivity index (χ1n) is 7.73. The minimum atomic E-state index is 0.652. The number of piperidine rings is 2. The fourth-order valence-corrected chi connectivity index (χ4v) is 3.59. The Morgan fingerprint density at radius 1 is 0.944 bits per heavy atom. The van der Waals surface area contributed by atoms with Gasteiger partial charge in [0.15, 0.2) is 0 Å². The monoisotopic (exact) mass is 253 g/mol. The van der Waals surface area contributed by atoms with Gasteiger partial charge < -0.3 is 4.90 Å². The van der Waals surface area contributed by atoms with Crippen molar-refractivity contribution in [1.82, 2.24) is 15.3 Å². The van der Waals surface area contributed by atoms with Gasteiger partial charge in [-0.15, -0.1) is 0 Å². The maximum Gasteiger partial charge on any atom is 0.0268 e. The van der Waals surface area contributed by atoms with Gasteiger partial charge in [0.25, 0.3) is 0 Å². The van der Waals surface area contributed by atoms with E-state index in [1.807, 2.05) is 0 Å². The molecule has 106 valence electrons. The number of nitrogens with one attached hydrogen (secondary N) is 1. The summed E-state index contributed by atoms with van der Waals surface area (Å²) in [6.07, 6.45) is 5.34. The largest absolute Gasteiger partial charge is 0.303 e. The first-order valence-corrected chi connectivity index (χ1v) is 7.73. The van der Waals surface area contributed by atoms with Gasteiger partial charge in [-0.2, -0.15) is 0 Å². The maximum absolute atomic E-state index is 3.86. The van der Waals surface area contributed by atoms with Gasteiger partial charge in [0.2, 0.25) is 0 Å². The Labute approximate surface area is 113 Å². The number of hydrogen-bond donors (Lipinski definition) is 1. The molecule has 2 fully saturated rings. The highest BCUT2D eigenvalue weighted by atomic mass is 15.5. The Morgan fingerprint density at radius 3 is 2.17 bits per heavy atom. The highest BCUT2D eigenvalue weighted by Gasteiger charge is 2.33. The average Bonchev–Trinajstić information content (AvgIpc) is 2.30. The highest BCUT2D eigenvalue weighted by Crippen LogP contribution is 2.25. The molecule has 2 aliphatic rings. The van der Waals surface area contributed by atoms with Crippen molar-refractivity contribution in [2.24, 2.45) is 5.92 Å². The molecule has 0 spiro atoms. The normalized spacial score (nSPS) is 44.2. The average molecular weight is 253 g/mol. The molecular formula is C15H31N3. The summed E-state index contributed by atoms with van der Waals surface area (Å²) in [5.74, 6) is 0.743. The van der Waals surface area contributed by atoms with Gasteiger partial charge in [0.05, 0.1) is 0 Å². The fraction of sp³-hybridized carbons (Fsp3) is 1.00. The summed E-state index contributed by atoms with van der Waals surface area (Å²) in [6.45, 7) is 10.7. The Bertz CT molecular complexity index is 258. The number of rotatable bonds is 2. The molecule has 18 heavy (non-hydrogen) atoms. The molecular weight excluding hydrogens is 222 g/mol. The lowest BCUT2D eigenvalue weighted by molar-refractivity contribution is -0.00403. The van der Waals surface area contributed by atoms with Crippen LogP contribution in [-0.2, 0) is 0 Å². The molecule has 5 atom stereocenters. The van der Waals surface area contributed by atoms with Gasteiger partial charge in [-0.3, -0.25) is 5.43 Å². The van der Waals surface area contributed by atoms with Crippen molar-refractivity contribution in [2.75, 3.05) is 13.6 Å². The first-order chi connectivity index (χ1) is 8.49. The number of hydrogen-bond acceptors (Lipinski definition) is 3. The number of likely N-dealkylation sites (tertiary alicyclic amines) is 1. The van der Waals surface area contributed by atoms with Crippen LogP contribution in [0.25, 0.3) is 0 Å². The predicted octanol–water partition coefficient (Wildman–Crippen LogP) is 2.48. The van der Waals surface area contributed by atoms with E-state index in [-0.39, 0.29) is 0 Å². The van der Waals surface area contributed by atoms with Crippen LogP contribution in [0.3, 0.4) is 0 Å². The van der Waals surface area contributed by atoms with Crippen LogP contribution in [0.5, 0.6) is 0 Å². The highest BCUT2D eigenvalue weighted by molar-refractivity contribution is 4.87. The van der Waals surface area contributed by atoms with Crippen molar-refractivity contribution in [1.29, 1.82) is 0 Å². The topological polar surface area (TPSA) is 18.5 Å². The summed E-state index contributed by atoms with van der Waals surface area (Å²) in [5, 5.41) is 2.54. The third kappa shape index (κ3) is 3.06. The van der Waals surface area contributed by atoms with Crippen LogP contribution in [0.15, 0.2) is 0 Å². The van der Waals surface area contributed by atoms with Gasteiger partial charge in [0.1, 0.15) is 0 Å². The molecule has 0 radical (unpaired) electrons. The molecule has 0 bridgehead atoms. The van der Waals surface area contributed by atoms with E-state index in [4.69, 9.17) is 0 Å². The van der Waals surface area contributed by atoms with Crippen molar-refractivity contribution in [2.45, 2.75) is 77.5 Å². The van der Waals surface area contributed by atoms with E-state index in [1.165, 1.54) is 32.2 Å². The predicted molar refractivity (Wildman–Crippen MR) is 77.4 cm³/mol. The van der Waals surface area contributed by atoms with Crippen molar-refractivity contribution >= 4 is 0 Å². The van der Waals surface area contributed by atoms with Crippen molar-refractivity contribution in [3.63, 3.8) is 0 Å². The Morgan fingerprint density at radius 2 is 1.56 bits per heavy atom. The molecule has 3 heteroatoms. The van der Waals surface area contributed by atoms with Gasteiger partial charge in [0, 0.05) is 30.7 Å². The maximum atomic E-state index is 3.86. The number of hydrazine groups is 1. The zero-order chi connectivity index (χ0) is 13.3. The summed E-state index contributed by atoms with van der Waals surface area (Å²) in [5.41, 5.74) is 3.86. The van der Waals surface area contributed by atoms with Crippen LogP contribution in [0, 0.1) is 5.92 Å². The van der Waals surface area contributed by atoms with E-state index in [2.05, 4.69) is 50.1 Å². The van der Waals surface area contributed by atoms with Crippen molar-refractivity contribution in [3.8, 4) is 0 Å². The van der Waals surface area contributed by atoms with E-state index in [1.54, 1.807) is 0 Å². The molecule has 2 aliphatic heterocycles. The summed E-state index contributed by atoms with van der Waals surface area (Å²) < 4.78 is 0. The molecule has 2 heterocycles. The molecule has 5 unspecified atom stereocenters. The molecule has 0 aromatic heterocycles. The molecule has 0 amide bonds. The quantitative estimate of drug-likeness (QED) is 0.815. The summed E-state index contributed by atoms with van der Waals surface area (Å²) >= 11 is 0. The van der Waals surface area contributed by atoms with Crippen LogP contribution in [0.2, 0.25) is 0 Å². The number of nitrogens with zero attached hydrogens (tertiary/aromatic N) is 2. The molecule has 0 aromatic rings. The van der Waals surface area contributed by atoms with E-state index < -0.39 is 0 Å². The SMILES string of the molecule is CC1CN(C)C(C)CC1NN1C(C)CCCC1C. The van der Waals surface area contributed by atoms with Crippen molar-refractivity contribution < 1.29 is 0 Å². The Balaban J connectivity index is 1.95. The Hall–Kier alpha value is -0.120. The smallest absolute Gasteiger partial charge is 0.0268 e. The Kier molecular flexibility index (Phi) is 4.68. The van der Waals surface area contributed by atoms with Gasteiger partial charge in [-0.1, -0.05) is 13.3 Å². The van der Waals surface area contributed by atoms with Crippen molar-refractivity contribution in [3.05, 3.63) is 0 Å². The molecule has 1 N–H and O–H groups in total. The fourth-order valence-electron chi connectivity index (χ4n) is 3.59. The molecule has 2 saturated heterocycles. The molecule has 2 rings (SSSR count). The molecule has 3 nitrogen and oxygen atoms in total. The van der Waals surface area contributed by atoms with E-state index >= 15 is 0 Å². The van der Waals surface area contributed by atoms with Gasteiger partial charge in [-0.25, -0.2) is 5.01 Å². The molecule has 0 aromatic carbocycles. The standard InChI is InChI=1S/C15H31N3/c1-11-10-17(5)14(4)9-15(11)16-18-12(2)7-6-8-13(18)3/h11-16H,6-10H2,1-5H3. The molecule has 0 saturated carbocycles. The first kappa shape index (κ1) is 14.3. The third-order valence-electron chi connectivity index (χ3n) is 5.12. The van der Waals surface area contributed by atoms with Crippen LogP contribution in [0.1, 0.15) is 53.4 Å². The minimum absolute atomic E-state index is 0.652. The zero-order valence-electron chi connectivity index (χ0n) is 12.8.